The number of nitrogens with zero attached hydrogens (tertiary/aromatic N) is 1. The SMILES string of the molecule is N#Cc1ccc(OCCC(F)F)c(F)c1Br. The molecule has 0 fully saturated rings. The van der Waals surface area contributed by atoms with Gasteiger partial charge in [0.2, 0.25) is 6.43 Å². The van der Waals surface area contributed by atoms with Gasteiger partial charge in [0.15, 0.2) is 11.6 Å². The van der Waals surface area contributed by atoms with Gasteiger partial charge in [0.25, 0.3) is 0 Å². The minimum Gasteiger partial charge on any atom is -0.490 e. The lowest BCUT2D eigenvalue weighted by Gasteiger charge is -2.08. The molecule has 0 atom stereocenters. The predicted octanol–water partition coefficient (Wildman–Crippen LogP) is 3.49. The summed E-state index contributed by atoms with van der Waals surface area (Å²) in [6, 6.07) is 4.37. The van der Waals surface area contributed by atoms with Crippen LogP contribution in [0.5, 0.6) is 5.75 Å². The lowest BCUT2D eigenvalue weighted by atomic mass is 10.2. The van der Waals surface area contributed by atoms with Crippen LogP contribution in [-0.4, -0.2) is 13.0 Å². The van der Waals surface area contributed by atoms with Gasteiger partial charge in [-0.25, -0.2) is 13.2 Å². The van der Waals surface area contributed by atoms with E-state index in [-0.39, 0.29) is 22.4 Å². The van der Waals surface area contributed by atoms with Gasteiger partial charge >= 0.3 is 0 Å². The van der Waals surface area contributed by atoms with Gasteiger partial charge in [-0.15, -0.1) is 0 Å². The van der Waals surface area contributed by atoms with Gasteiger partial charge in [-0.1, -0.05) is 0 Å². The lowest BCUT2D eigenvalue weighted by molar-refractivity contribution is 0.113. The second kappa shape index (κ2) is 5.75. The van der Waals surface area contributed by atoms with Crippen LogP contribution in [0.3, 0.4) is 0 Å². The van der Waals surface area contributed by atoms with Crippen LogP contribution in [0, 0.1) is 17.1 Å². The fourth-order valence-electron chi connectivity index (χ4n) is 0.988. The Hall–Kier alpha value is -1.22. The number of alkyl halides is 2. The number of nitriles is 1. The third-order valence-corrected chi connectivity index (χ3v) is 2.54. The Bertz CT molecular complexity index is 417. The van der Waals surface area contributed by atoms with Crippen LogP contribution in [0.4, 0.5) is 13.2 Å². The molecule has 86 valence electrons. The maximum absolute atomic E-state index is 13.5. The Balaban J connectivity index is 2.76. The molecule has 0 amide bonds. The summed E-state index contributed by atoms with van der Waals surface area (Å²) in [6.45, 7) is -0.271. The highest BCUT2D eigenvalue weighted by Crippen LogP contribution is 2.28. The topological polar surface area (TPSA) is 33.0 Å². The molecular formula is C10H7BrF3NO. The second-order valence-electron chi connectivity index (χ2n) is 2.88. The summed E-state index contributed by atoms with van der Waals surface area (Å²) in [7, 11) is 0. The molecule has 0 aliphatic carbocycles. The smallest absolute Gasteiger partial charge is 0.241 e. The van der Waals surface area contributed by atoms with Crippen molar-refractivity contribution in [3.05, 3.63) is 28.0 Å². The maximum atomic E-state index is 13.5. The molecule has 0 N–H and O–H groups in total. The molecule has 0 aromatic heterocycles. The first-order valence-electron chi connectivity index (χ1n) is 4.35. The predicted molar refractivity (Wildman–Crippen MR) is 54.9 cm³/mol. The van der Waals surface area contributed by atoms with Gasteiger partial charge in [0.1, 0.15) is 6.07 Å². The molecule has 0 radical (unpaired) electrons. The van der Waals surface area contributed by atoms with Gasteiger partial charge in [0.05, 0.1) is 16.6 Å². The van der Waals surface area contributed by atoms with Crippen LogP contribution in [0.1, 0.15) is 12.0 Å². The summed E-state index contributed by atoms with van der Waals surface area (Å²) < 4.78 is 41.9. The van der Waals surface area contributed by atoms with E-state index in [1.54, 1.807) is 6.07 Å². The monoisotopic (exact) mass is 293 g/mol. The fraction of sp³-hybridized carbons (Fsp3) is 0.300. The molecule has 6 heteroatoms. The number of halogens is 4. The average molecular weight is 294 g/mol. The highest BCUT2D eigenvalue weighted by molar-refractivity contribution is 9.10. The largest absolute Gasteiger partial charge is 0.490 e. The van der Waals surface area contributed by atoms with Crippen molar-refractivity contribution in [2.75, 3.05) is 6.61 Å². The van der Waals surface area contributed by atoms with E-state index in [1.807, 2.05) is 0 Å². The molecule has 0 saturated heterocycles. The molecule has 1 aromatic carbocycles. The molecule has 0 saturated carbocycles. The minimum absolute atomic E-state index is 0.0236. The molecule has 0 aliphatic rings. The Morgan fingerprint density at radius 2 is 2.12 bits per heavy atom. The zero-order valence-electron chi connectivity index (χ0n) is 8.01. The molecule has 0 bridgehead atoms. The summed E-state index contributed by atoms with van der Waals surface area (Å²) in [6.07, 6.45) is -2.94. The minimum atomic E-state index is -2.48. The molecule has 0 spiro atoms. The van der Waals surface area contributed by atoms with E-state index in [2.05, 4.69) is 15.9 Å². The maximum Gasteiger partial charge on any atom is 0.241 e. The average Bonchev–Trinajstić information content (AvgIpc) is 2.24. The standard InChI is InChI=1S/C10H7BrF3NO/c11-9-6(5-15)1-2-7(10(9)14)16-4-3-8(12)13/h1-2,8H,3-4H2. The van der Waals surface area contributed by atoms with Crippen molar-refractivity contribution in [1.82, 2.24) is 0 Å². The Kier molecular flexibility index (Phi) is 4.62. The first-order valence-corrected chi connectivity index (χ1v) is 5.14. The van der Waals surface area contributed by atoms with E-state index in [1.165, 1.54) is 12.1 Å². The number of ether oxygens (including phenoxy) is 1. The highest BCUT2D eigenvalue weighted by Gasteiger charge is 2.12. The van der Waals surface area contributed by atoms with E-state index in [0.717, 1.165) is 0 Å². The Morgan fingerprint density at radius 3 is 2.69 bits per heavy atom. The van der Waals surface area contributed by atoms with E-state index in [9.17, 15) is 13.2 Å². The third kappa shape index (κ3) is 3.14. The van der Waals surface area contributed by atoms with Crippen molar-refractivity contribution in [3.8, 4) is 11.8 Å². The quantitative estimate of drug-likeness (QED) is 0.851. The van der Waals surface area contributed by atoms with Crippen LogP contribution < -0.4 is 4.74 Å². The summed E-state index contributed by atoms with van der Waals surface area (Å²) in [5, 5.41) is 8.60. The molecule has 1 rings (SSSR count). The second-order valence-corrected chi connectivity index (χ2v) is 3.67. The molecule has 0 unspecified atom stereocenters. The van der Waals surface area contributed by atoms with E-state index in [0.29, 0.717) is 0 Å². The van der Waals surface area contributed by atoms with Crippen LogP contribution >= 0.6 is 15.9 Å². The van der Waals surface area contributed by atoms with E-state index >= 15 is 0 Å². The van der Waals surface area contributed by atoms with Gasteiger partial charge in [0, 0.05) is 6.42 Å². The van der Waals surface area contributed by atoms with Crippen molar-refractivity contribution in [1.29, 1.82) is 5.26 Å². The lowest BCUT2D eigenvalue weighted by Crippen LogP contribution is -2.04. The van der Waals surface area contributed by atoms with Crippen LogP contribution in [0.25, 0.3) is 0 Å². The van der Waals surface area contributed by atoms with Crippen molar-refractivity contribution >= 4 is 15.9 Å². The van der Waals surface area contributed by atoms with Crippen molar-refractivity contribution in [2.45, 2.75) is 12.8 Å². The Morgan fingerprint density at radius 1 is 1.44 bits per heavy atom. The van der Waals surface area contributed by atoms with Crippen molar-refractivity contribution < 1.29 is 17.9 Å². The number of rotatable bonds is 4. The van der Waals surface area contributed by atoms with Crippen molar-refractivity contribution in [3.63, 3.8) is 0 Å². The molecular weight excluding hydrogens is 287 g/mol. The van der Waals surface area contributed by atoms with Gasteiger partial charge < -0.3 is 4.74 Å². The van der Waals surface area contributed by atoms with Crippen LogP contribution in [0.15, 0.2) is 16.6 Å². The first kappa shape index (κ1) is 12.8. The van der Waals surface area contributed by atoms with E-state index in [4.69, 9.17) is 10.00 Å². The summed E-state index contributed by atoms with van der Waals surface area (Å²) in [5.74, 6) is -0.903. The summed E-state index contributed by atoms with van der Waals surface area (Å²) in [5.41, 5.74) is 0.124. The van der Waals surface area contributed by atoms with Gasteiger partial charge in [-0.2, -0.15) is 5.26 Å². The number of hydrogen-bond acceptors (Lipinski definition) is 2. The van der Waals surface area contributed by atoms with Crippen LogP contribution in [0.2, 0.25) is 0 Å². The van der Waals surface area contributed by atoms with Crippen molar-refractivity contribution in [2.24, 2.45) is 0 Å². The number of hydrogen-bond donors (Lipinski definition) is 0. The van der Waals surface area contributed by atoms with Gasteiger partial charge in [-0.05, 0) is 28.1 Å². The molecule has 1 aromatic rings. The first-order chi connectivity index (χ1) is 7.56. The normalized spacial score (nSPS) is 10.2. The number of benzene rings is 1. The third-order valence-electron chi connectivity index (χ3n) is 1.76. The van der Waals surface area contributed by atoms with Gasteiger partial charge in [-0.3, -0.25) is 0 Å². The molecule has 0 aliphatic heterocycles. The zero-order valence-corrected chi connectivity index (χ0v) is 9.60. The van der Waals surface area contributed by atoms with Crippen LogP contribution in [-0.2, 0) is 0 Å². The Labute approximate surface area is 98.8 Å². The van der Waals surface area contributed by atoms with E-state index < -0.39 is 18.7 Å². The summed E-state index contributed by atoms with van der Waals surface area (Å²) in [4.78, 5) is 0. The molecule has 0 heterocycles. The fourth-order valence-corrected chi connectivity index (χ4v) is 1.40. The molecule has 2 nitrogen and oxygen atoms in total. The summed E-state index contributed by atoms with van der Waals surface area (Å²) >= 11 is 2.89. The molecule has 16 heavy (non-hydrogen) atoms. The zero-order chi connectivity index (χ0) is 12.1. The highest BCUT2D eigenvalue weighted by atomic mass is 79.9.